The molecule has 1 heterocycles. The topological polar surface area (TPSA) is 40.7 Å². The Labute approximate surface area is 111 Å². The van der Waals surface area contributed by atoms with E-state index in [0.29, 0.717) is 17.5 Å². The van der Waals surface area contributed by atoms with Crippen LogP contribution < -0.4 is 5.32 Å². The first-order chi connectivity index (χ1) is 8.50. The molecule has 1 aliphatic rings. The molecule has 102 valence electrons. The lowest BCUT2D eigenvalue weighted by Gasteiger charge is -2.40. The van der Waals surface area contributed by atoms with Crippen molar-refractivity contribution in [3.63, 3.8) is 0 Å². The van der Waals surface area contributed by atoms with Crippen molar-refractivity contribution in [2.75, 3.05) is 0 Å². The third kappa shape index (κ3) is 3.35. The molecule has 1 fully saturated rings. The number of rotatable bonds is 4. The zero-order valence-electron chi connectivity index (χ0n) is 12.2. The normalized spacial score (nSPS) is 29.1. The molecule has 3 nitrogen and oxygen atoms in total. The van der Waals surface area contributed by atoms with Gasteiger partial charge >= 0.3 is 0 Å². The molecule has 2 rings (SSSR count). The van der Waals surface area contributed by atoms with E-state index in [9.17, 15) is 0 Å². The highest BCUT2D eigenvalue weighted by atomic mass is 15.0. The molecule has 3 atom stereocenters. The minimum atomic E-state index is 0.367. The highest BCUT2D eigenvalue weighted by Gasteiger charge is 2.33. The summed E-state index contributed by atoms with van der Waals surface area (Å²) in [5, 5.41) is 3.80. The molecule has 3 heteroatoms. The second-order valence-corrected chi connectivity index (χ2v) is 6.71. The van der Waals surface area contributed by atoms with Gasteiger partial charge in [-0.25, -0.2) is 4.98 Å². The molecule has 2 N–H and O–H groups in total. The van der Waals surface area contributed by atoms with Gasteiger partial charge in [-0.15, -0.1) is 0 Å². The first-order valence-corrected chi connectivity index (χ1v) is 7.25. The van der Waals surface area contributed by atoms with Gasteiger partial charge < -0.3 is 10.3 Å². The van der Waals surface area contributed by atoms with Crippen molar-refractivity contribution in [2.24, 2.45) is 11.3 Å². The fraction of sp³-hybridized carbons (Fsp3) is 0.800. The van der Waals surface area contributed by atoms with Gasteiger partial charge in [0.05, 0.1) is 6.04 Å². The van der Waals surface area contributed by atoms with Crippen LogP contribution >= 0.6 is 0 Å². The maximum Gasteiger partial charge on any atom is 0.123 e. The third-order valence-corrected chi connectivity index (χ3v) is 4.08. The molecule has 18 heavy (non-hydrogen) atoms. The Kier molecular flexibility index (Phi) is 4.10. The fourth-order valence-corrected chi connectivity index (χ4v) is 3.62. The Bertz CT molecular complexity index is 356. The van der Waals surface area contributed by atoms with Crippen molar-refractivity contribution in [2.45, 2.75) is 65.5 Å². The van der Waals surface area contributed by atoms with Crippen molar-refractivity contribution < 1.29 is 0 Å². The molecule has 1 aromatic heterocycles. The van der Waals surface area contributed by atoms with Gasteiger partial charge in [0.1, 0.15) is 5.82 Å². The van der Waals surface area contributed by atoms with Crippen molar-refractivity contribution >= 4 is 0 Å². The molecule has 0 saturated heterocycles. The summed E-state index contributed by atoms with van der Waals surface area (Å²) in [4.78, 5) is 7.63. The third-order valence-electron chi connectivity index (χ3n) is 4.08. The minimum Gasteiger partial charge on any atom is -0.347 e. The summed E-state index contributed by atoms with van der Waals surface area (Å²) in [6, 6.07) is 0.991. The van der Waals surface area contributed by atoms with Crippen LogP contribution in [0.2, 0.25) is 0 Å². The Hall–Kier alpha value is -0.830. The number of hydrogen-bond acceptors (Lipinski definition) is 2. The molecule has 0 aliphatic heterocycles. The minimum absolute atomic E-state index is 0.367. The smallest absolute Gasteiger partial charge is 0.123 e. The summed E-state index contributed by atoms with van der Waals surface area (Å²) in [6.45, 7) is 9.39. The van der Waals surface area contributed by atoms with E-state index in [2.05, 4.69) is 43.0 Å². The second kappa shape index (κ2) is 5.43. The fourth-order valence-electron chi connectivity index (χ4n) is 3.62. The molecule has 0 bridgehead atoms. The van der Waals surface area contributed by atoms with Crippen LogP contribution in [0.15, 0.2) is 12.4 Å². The summed E-state index contributed by atoms with van der Waals surface area (Å²) in [6.07, 6.45) is 8.75. The number of nitrogens with one attached hydrogen (secondary N) is 2. The maximum atomic E-state index is 4.39. The standard InChI is InChI=1S/C15H27N3/c1-5-13(14-16-6-7-17-14)18-12-8-11(2)9-15(3,4)10-12/h6-7,11-13,18H,5,8-10H2,1-4H3,(H,16,17). The van der Waals surface area contributed by atoms with E-state index in [0.717, 1.165) is 18.2 Å². The summed E-state index contributed by atoms with van der Waals surface area (Å²) in [5.74, 6) is 1.90. The van der Waals surface area contributed by atoms with Crippen molar-refractivity contribution in [1.29, 1.82) is 0 Å². The van der Waals surface area contributed by atoms with Gasteiger partial charge in [-0.2, -0.15) is 0 Å². The molecule has 0 spiro atoms. The van der Waals surface area contributed by atoms with E-state index in [1.807, 2.05) is 12.4 Å². The second-order valence-electron chi connectivity index (χ2n) is 6.71. The summed E-state index contributed by atoms with van der Waals surface area (Å²) >= 11 is 0. The first-order valence-electron chi connectivity index (χ1n) is 7.25. The van der Waals surface area contributed by atoms with Gasteiger partial charge in [-0.3, -0.25) is 0 Å². The van der Waals surface area contributed by atoms with Crippen molar-refractivity contribution in [3.05, 3.63) is 18.2 Å². The zero-order valence-corrected chi connectivity index (χ0v) is 12.2. The van der Waals surface area contributed by atoms with Gasteiger partial charge in [-0.05, 0) is 37.0 Å². The van der Waals surface area contributed by atoms with Crippen LogP contribution in [-0.2, 0) is 0 Å². The van der Waals surface area contributed by atoms with E-state index < -0.39 is 0 Å². The highest BCUT2D eigenvalue weighted by Crippen LogP contribution is 2.39. The average Bonchev–Trinajstić information content (AvgIpc) is 2.76. The van der Waals surface area contributed by atoms with E-state index in [1.54, 1.807) is 0 Å². The van der Waals surface area contributed by atoms with Crippen molar-refractivity contribution in [3.8, 4) is 0 Å². The molecule has 3 unspecified atom stereocenters. The number of aromatic amines is 1. The van der Waals surface area contributed by atoms with E-state index in [-0.39, 0.29) is 0 Å². The van der Waals surface area contributed by atoms with Crippen molar-refractivity contribution in [1.82, 2.24) is 15.3 Å². The quantitative estimate of drug-likeness (QED) is 0.855. The van der Waals surface area contributed by atoms with Crippen LogP contribution in [0.25, 0.3) is 0 Å². The van der Waals surface area contributed by atoms with Gasteiger partial charge in [0.15, 0.2) is 0 Å². The van der Waals surface area contributed by atoms with Crippen LogP contribution in [0.3, 0.4) is 0 Å². The van der Waals surface area contributed by atoms with Crippen LogP contribution in [0.5, 0.6) is 0 Å². The van der Waals surface area contributed by atoms with Crippen LogP contribution in [-0.4, -0.2) is 16.0 Å². The van der Waals surface area contributed by atoms with Crippen LogP contribution in [0.1, 0.15) is 65.2 Å². The van der Waals surface area contributed by atoms with E-state index >= 15 is 0 Å². The average molecular weight is 249 g/mol. The Morgan fingerprint density at radius 2 is 2.28 bits per heavy atom. The molecule has 1 saturated carbocycles. The molecule has 0 radical (unpaired) electrons. The number of imidazole rings is 1. The zero-order chi connectivity index (χ0) is 13.2. The largest absolute Gasteiger partial charge is 0.347 e. The molecular formula is C15H27N3. The Morgan fingerprint density at radius 1 is 1.50 bits per heavy atom. The lowest BCUT2D eigenvalue weighted by atomic mass is 9.70. The van der Waals surface area contributed by atoms with Gasteiger partial charge in [0.25, 0.3) is 0 Å². The molecule has 1 aromatic rings. The predicted octanol–water partition coefficient (Wildman–Crippen LogP) is 3.67. The van der Waals surface area contributed by atoms with E-state index in [4.69, 9.17) is 0 Å². The first kappa shape index (κ1) is 13.6. The van der Waals surface area contributed by atoms with Crippen LogP contribution in [0, 0.1) is 11.3 Å². The monoisotopic (exact) mass is 249 g/mol. The molecule has 1 aliphatic carbocycles. The predicted molar refractivity (Wildman–Crippen MR) is 75.3 cm³/mol. The molecule has 0 aromatic carbocycles. The SMILES string of the molecule is CCC(NC1CC(C)CC(C)(C)C1)c1ncc[nH]1. The summed E-state index contributed by atoms with van der Waals surface area (Å²) in [7, 11) is 0. The number of nitrogens with zero attached hydrogens (tertiary/aromatic N) is 1. The van der Waals surface area contributed by atoms with Gasteiger partial charge in [-0.1, -0.05) is 27.7 Å². The lowest BCUT2D eigenvalue weighted by molar-refractivity contribution is 0.143. The van der Waals surface area contributed by atoms with E-state index in [1.165, 1.54) is 19.3 Å². The Balaban J connectivity index is 1.99. The summed E-state index contributed by atoms with van der Waals surface area (Å²) in [5.41, 5.74) is 0.469. The summed E-state index contributed by atoms with van der Waals surface area (Å²) < 4.78 is 0. The molecular weight excluding hydrogens is 222 g/mol. The van der Waals surface area contributed by atoms with Gasteiger partial charge in [0.2, 0.25) is 0 Å². The highest BCUT2D eigenvalue weighted by molar-refractivity contribution is 4.97. The molecule has 0 amide bonds. The number of hydrogen-bond donors (Lipinski definition) is 2. The lowest BCUT2D eigenvalue weighted by Crippen LogP contribution is -2.41. The number of H-pyrrole nitrogens is 1. The van der Waals surface area contributed by atoms with Crippen LogP contribution in [0.4, 0.5) is 0 Å². The number of aromatic nitrogens is 2. The van der Waals surface area contributed by atoms with Gasteiger partial charge in [0, 0.05) is 18.4 Å². The maximum absolute atomic E-state index is 4.39. The Morgan fingerprint density at radius 3 is 2.83 bits per heavy atom.